The largest absolute Gasteiger partial charge is 0.370 e. The highest BCUT2D eigenvalue weighted by Gasteiger charge is 2.35. The highest BCUT2D eigenvalue weighted by molar-refractivity contribution is 6.50. The number of benzene rings is 2. The lowest BCUT2D eigenvalue weighted by molar-refractivity contribution is -0.862. The maximum absolute atomic E-state index is 13.2. The van der Waals surface area contributed by atoms with Crippen molar-refractivity contribution in [1.29, 1.82) is 0 Å². The van der Waals surface area contributed by atoms with Gasteiger partial charge < -0.3 is 18.8 Å². The normalized spacial score (nSPS) is 18.9. The molecule has 0 fully saturated rings. The smallest absolute Gasteiger partial charge is 0.259 e. The first kappa shape index (κ1) is 21.8. The van der Waals surface area contributed by atoms with Crippen LogP contribution < -0.4 is 10.2 Å². The Morgan fingerprint density at radius 3 is 1.97 bits per heavy atom. The molecule has 2 aromatic heterocycles. The molecule has 2 N–H and O–H groups in total. The van der Waals surface area contributed by atoms with Crippen molar-refractivity contribution in [3.05, 3.63) is 72.1 Å². The van der Waals surface area contributed by atoms with Crippen molar-refractivity contribution in [2.75, 3.05) is 27.2 Å². The molecule has 0 spiro atoms. The van der Waals surface area contributed by atoms with Gasteiger partial charge in [0, 0.05) is 58.4 Å². The molecule has 2 aromatic carbocycles. The van der Waals surface area contributed by atoms with Gasteiger partial charge in [-0.05, 0) is 18.6 Å². The number of hydrogen-bond donors (Lipinski definition) is 2. The number of nitrogens with zero attached hydrogens (tertiary/aromatic N) is 2. The van der Waals surface area contributed by atoms with Crippen LogP contribution in [0.2, 0.25) is 0 Å². The molecule has 4 heterocycles. The fourth-order valence-electron chi connectivity index (χ4n) is 5.53. The third-order valence-corrected chi connectivity index (χ3v) is 7.06. The van der Waals surface area contributed by atoms with E-state index in [1.54, 1.807) is 0 Å². The van der Waals surface area contributed by atoms with Gasteiger partial charge >= 0.3 is 0 Å². The standard InChI is InChI=1S/C28H28N4O3/c1-30(2)15-18-11-12-31-16-21(19-7-3-5-9-23(19)31)25-26(28(34)29-27(25)33)22-17-32(13-14-35-18)24-10-6-4-8-20(22)24/h3-10,16-18H,11-15H2,1-2H3,(H,29,33,34)/p+1/t18-/m0/s1. The van der Waals surface area contributed by atoms with E-state index in [2.05, 4.69) is 40.7 Å². The molecule has 4 bridgehead atoms. The highest BCUT2D eigenvalue weighted by Crippen LogP contribution is 2.39. The van der Waals surface area contributed by atoms with Crippen LogP contribution in [-0.4, -0.2) is 54.3 Å². The Morgan fingerprint density at radius 2 is 1.40 bits per heavy atom. The Balaban J connectivity index is 1.62. The predicted molar refractivity (Wildman–Crippen MR) is 136 cm³/mol. The molecular weight excluding hydrogens is 440 g/mol. The number of hydrogen-bond acceptors (Lipinski definition) is 3. The quantitative estimate of drug-likeness (QED) is 0.442. The van der Waals surface area contributed by atoms with E-state index >= 15 is 0 Å². The Bertz CT molecular complexity index is 1510. The number of nitrogens with one attached hydrogen (secondary N) is 2. The van der Waals surface area contributed by atoms with E-state index in [-0.39, 0.29) is 17.9 Å². The maximum Gasteiger partial charge on any atom is 0.259 e. The average Bonchev–Trinajstić information content (AvgIpc) is 3.47. The van der Waals surface area contributed by atoms with E-state index in [0.29, 0.717) is 24.3 Å². The second kappa shape index (κ2) is 8.52. The van der Waals surface area contributed by atoms with Gasteiger partial charge in [-0.25, -0.2) is 0 Å². The lowest BCUT2D eigenvalue weighted by atomic mass is 9.95. The molecule has 0 unspecified atom stereocenters. The van der Waals surface area contributed by atoms with Crippen molar-refractivity contribution < 1.29 is 19.2 Å². The molecule has 0 saturated heterocycles. The van der Waals surface area contributed by atoms with Gasteiger partial charge in [0.15, 0.2) is 0 Å². The zero-order chi connectivity index (χ0) is 24.1. The summed E-state index contributed by atoms with van der Waals surface area (Å²) < 4.78 is 10.7. The van der Waals surface area contributed by atoms with Crippen LogP contribution in [0, 0.1) is 0 Å². The molecule has 178 valence electrons. The summed E-state index contributed by atoms with van der Waals surface area (Å²) >= 11 is 0. The Kier molecular flexibility index (Phi) is 5.31. The van der Waals surface area contributed by atoms with Gasteiger partial charge in [0.05, 0.1) is 31.8 Å². The Hall–Kier alpha value is -3.68. The number of rotatable bonds is 2. The zero-order valence-corrected chi connectivity index (χ0v) is 20.0. The molecule has 2 aliphatic heterocycles. The number of carbonyl (C=O) groups excluding carboxylic acids is 2. The molecule has 0 aliphatic carbocycles. The van der Waals surface area contributed by atoms with Crippen LogP contribution in [0.15, 0.2) is 60.9 Å². The molecule has 7 heteroatoms. The number of likely N-dealkylation sites (N-methyl/N-ethyl adjacent to an activating group) is 1. The number of imide groups is 1. The van der Waals surface area contributed by atoms with Crippen molar-refractivity contribution in [3.63, 3.8) is 0 Å². The second-order valence-corrected chi connectivity index (χ2v) is 9.73. The Morgan fingerprint density at radius 1 is 0.857 bits per heavy atom. The van der Waals surface area contributed by atoms with Gasteiger partial charge in [0.25, 0.3) is 11.8 Å². The fraction of sp³-hybridized carbons (Fsp3) is 0.286. The van der Waals surface area contributed by atoms with E-state index in [1.807, 2.05) is 48.8 Å². The van der Waals surface area contributed by atoms with Crippen LogP contribution in [-0.2, 0) is 27.4 Å². The third-order valence-electron chi connectivity index (χ3n) is 7.06. The third kappa shape index (κ3) is 3.68. The summed E-state index contributed by atoms with van der Waals surface area (Å²) in [7, 11) is 4.29. The highest BCUT2D eigenvalue weighted by atomic mass is 16.5. The fourth-order valence-corrected chi connectivity index (χ4v) is 5.53. The molecule has 6 rings (SSSR count). The average molecular weight is 470 g/mol. The Labute approximate surface area is 203 Å². The monoisotopic (exact) mass is 469 g/mol. The second-order valence-electron chi connectivity index (χ2n) is 9.73. The summed E-state index contributed by atoms with van der Waals surface area (Å²) in [6.45, 7) is 2.93. The van der Waals surface area contributed by atoms with E-state index in [1.165, 1.54) is 4.90 Å². The first-order valence-electron chi connectivity index (χ1n) is 12.2. The number of fused-ring (bicyclic) bond motifs is 12. The lowest BCUT2D eigenvalue weighted by Crippen LogP contribution is -3.07. The van der Waals surface area contributed by atoms with Crippen LogP contribution in [0.25, 0.3) is 33.0 Å². The van der Waals surface area contributed by atoms with Crippen LogP contribution in [0.1, 0.15) is 17.5 Å². The number of quaternary nitrogens is 1. The number of ether oxygens (including phenoxy) is 1. The summed E-state index contributed by atoms with van der Waals surface area (Å²) in [4.78, 5) is 27.7. The number of aryl methyl sites for hydroxylation is 1. The number of aromatic nitrogens is 2. The molecule has 2 aliphatic rings. The van der Waals surface area contributed by atoms with E-state index in [0.717, 1.165) is 52.4 Å². The molecule has 4 aromatic rings. The zero-order valence-electron chi connectivity index (χ0n) is 20.0. The minimum atomic E-state index is -0.345. The van der Waals surface area contributed by atoms with Gasteiger partial charge in [-0.1, -0.05) is 36.4 Å². The molecule has 0 saturated carbocycles. The lowest BCUT2D eigenvalue weighted by Gasteiger charge is -2.20. The van der Waals surface area contributed by atoms with Crippen molar-refractivity contribution in [2.24, 2.45) is 0 Å². The first-order valence-corrected chi connectivity index (χ1v) is 12.2. The van der Waals surface area contributed by atoms with E-state index in [4.69, 9.17) is 4.74 Å². The van der Waals surface area contributed by atoms with Crippen LogP contribution >= 0.6 is 0 Å². The maximum atomic E-state index is 13.2. The van der Waals surface area contributed by atoms with Gasteiger partial charge in [-0.3, -0.25) is 14.9 Å². The molecule has 2 amide bonds. The van der Waals surface area contributed by atoms with Crippen molar-refractivity contribution in [3.8, 4) is 0 Å². The minimum absolute atomic E-state index is 0.111. The molecular formula is C28H29N4O3+. The van der Waals surface area contributed by atoms with Crippen molar-refractivity contribution in [2.45, 2.75) is 25.6 Å². The van der Waals surface area contributed by atoms with Crippen LogP contribution in [0.4, 0.5) is 0 Å². The van der Waals surface area contributed by atoms with E-state index < -0.39 is 0 Å². The number of amides is 2. The topological polar surface area (TPSA) is 69.7 Å². The van der Waals surface area contributed by atoms with Gasteiger partial charge in [0.2, 0.25) is 0 Å². The van der Waals surface area contributed by atoms with Crippen molar-refractivity contribution in [1.82, 2.24) is 14.5 Å². The number of carbonyl (C=O) groups is 2. The first-order chi connectivity index (χ1) is 17.0. The predicted octanol–water partition coefficient (Wildman–Crippen LogP) is 2.10. The summed E-state index contributed by atoms with van der Waals surface area (Å²) in [5.41, 5.74) is 4.55. The molecule has 35 heavy (non-hydrogen) atoms. The van der Waals surface area contributed by atoms with E-state index in [9.17, 15) is 9.59 Å². The summed E-state index contributed by atoms with van der Waals surface area (Å²) in [6.07, 6.45) is 5.00. The number of para-hydroxylation sites is 2. The van der Waals surface area contributed by atoms with Gasteiger partial charge in [-0.2, -0.15) is 0 Å². The minimum Gasteiger partial charge on any atom is -0.370 e. The van der Waals surface area contributed by atoms with Crippen LogP contribution in [0.3, 0.4) is 0 Å². The molecule has 7 nitrogen and oxygen atoms in total. The van der Waals surface area contributed by atoms with Gasteiger partial charge in [-0.15, -0.1) is 0 Å². The van der Waals surface area contributed by atoms with Crippen LogP contribution in [0.5, 0.6) is 0 Å². The summed E-state index contributed by atoms with van der Waals surface area (Å²) in [5.74, 6) is -0.684. The molecule has 0 radical (unpaired) electrons. The van der Waals surface area contributed by atoms with Gasteiger partial charge in [0.1, 0.15) is 12.6 Å². The molecule has 1 atom stereocenters. The van der Waals surface area contributed by atoms with Crippen molar-refractivity contribution >= 4 is 44.8 Å². The summed E-state index contributed by atoms with van der Waals surface area (Å²) in [6, 6.07) is 16.1. The SMILES string of the molecule is C[NH+](C)C[C@@H]1CCn2cc(c3ccccc32)C2=C(C(=O)NC2=O)c2cn(c3ccccc23)CCO1. The summed E-state index contributed by atoms with van der Waals surface area (Å²) in [5, 5.41) is 4.50.